The van der Waals surface area contributed by atoms with Crippen molar-refractivity contribution in [1.82, 2.24) is 10.3 Å². The van der Waals surface area contributed by atoms with Gasteiger partial charge < -0.3 is 10.2 Å². The molecule has 5 heteroatoms. The first-order valence-electron chi connectivity index (χ1n) is 9.99. The maximum Gasteiger partial charge on any atom is 0.225 e. The van der Waals surface area contributed by atoms with Gasteiger partial charge in [-0.1, -0.05) is 47.7 Å². The molecule has 1 aromatic heterocycles. The first-order valence-corrected chi connectivity index (χ1v) is 10.8. The lowest BCUT2D eigenvalue weighted by molar-refractivity contribution is -0.125. The molecule has 1 aliphatic rings. The summed E-state index contributed by atoms with van der Waals surface area (Å²) in [5.41, 5.74) is 4.72. The monoisotopic (exact) mass is 393 g/mol. The number of carbonyl (C=O) groups is 1. The quantitative estimate of drug-likeness (QED) is 0.678. The summed E-state index contributed by atoms with van der Waals surface area (Å²) in [6.07, 6.45) is 1.96. The van der Waals surface area contributed by atoms with Gasteiger partial charge >= 0.3 is 0 Å². The first-order chi connectivity index (χ1) is 13.5. The minimum Gasteiger partial charge on any atom is -0.349 e. The third-order valence-electron chi connectivity index (χ3n) is 5.54. The van der Waals surface area contributed by atoms with Gasteiger partial charge in [0.25, 0.3) is 0 Å². The van der Waals surface area contributed by atoms with E-state index >= 15 is 0 Å². The van der Waals surface area contributed by atoms with Crippen molar-refractivity contribution in [2.24, 2.45) is 5.92 Å². The van der Waals surface area contributed by atoms with Crippen LogP contribution in [0.15, 0.2) is 42.5 Å². The van der Waals surface area contributed by atoms with Gasteiger partial charge in [0.2, 0.25) is 5.91 Å². The Balaban J connectivity index is 1.47. The molecule has 2 atom stereocenters. The van der Waals surface area contributed by atoms with Crippen molar-refractivity contribution in [2.75, 3.05) is 18.0 Å². The highest BCUT2D eigenvalue weighted by molar-refractivity contribution is 7.22. The van der Waals surface area contributed by atoms with Gasteiger partial charge in [-0.3, -0.25) is 4.79 Å². The van der Waals surface area contributed by atoms with Gasteiger partial charge in [-0.05, 0) is 56.4 Å². The molecule has 2 heterocycles. The van der Waals surface area contributed by atoms with Crippen molar-refractivity contribution in [3.63, 3.8) is 0 Å². The van der Waals surface area contributed by atoms with Gasteiger partial charge in [0, 0.05) is 13.1 Å². The van der Waals surface area contributed by atoms with Crippen LogP contribution in [0.3, 0.4) is 0 Å². The summed E-state index contributed by atoms with van der Waals surface area (Å²) in [4.78, 5) is 20.1. The summed E-state index contributed by atoms with van der Waals surface area (Å²) in [7, 11) is 0. The number of amides is 1. The van der Waals surface area contributed by atoms with Gasteiger partial charge in [0.1, 0.15) is 0 Å². The molecular formula is C23H27N3OS. The summed E-state index contributed by atoms with van der Waals surface area (Å²) in [5.74, 6) is 0.156. The Kier molecular flexibility index (Phi) is 5.36. The van der Waals surface area contributed by atoms with E-state index < -0.39 is 0 Å². The Morgan fingerprint density at radius 2 is 2.04 bits per heavy atom. The highest BCUT2D eigenvalue weighted by atomic mass is 32.1. The van der Waals surface area contributed by atoms with Crippen LogP contribution in [0.2, 0.25) is 0 Å². The standard InChI is InChI=1S/C23H27N3OS/c1-15-12-16(2)21-20(13-15)28-23(25-21)26-11-7-10-19(14-26)22(27)24-17(3)18-8-5-4-6-9-18/h4-6,8-9,12-13,17,19H,7,10-11,14H2,1-3H3,(H,24,27)/t17-,19+/m1/s1. The van der Waals surface area contributed by atoms with E-state index in [9.17, 15) is 4.79 Å². The van der Waals surface area contributed by atoms with Crippen molar-refractivity contribution < 1.29 is 4.79 Å². The number of benzene rings is 2. The summed E-state index contributed by atoms with van der Waals surface area (Å²) in [6, 6.07) is 14.6. The van der Waals surface area contributed by atoms with Crippen LogP contribution in [-0.4, -0.2) is 24.0 Å². The number of hydrogen-bond acceptors (Lipinski definition) is 4. The molecular weight excluding hydrogens is 366 g/mol. The van der Waals surface area contributed by atoms with Crippen molar-refractivity contribution in [3.8, 4) is 0 Å². The predicted octanol–water partition coefficient (Wildman–Crippen LogP) is 5.01. The number of carbonyl (C=O) groups excluding carboxylic acids is 1. The van der Waals surface area contributed by atoms with Gasteiger partial charge in [-0.2, -0.15) is 0 Å². The molecule has 1 aliphatic heterocycles. The molecule has 0 saturated carbocycles. The normalized spacial score (nSPS) is 18.2. The molecule has 1 fully saturated rings. The number of fused-ring (bicyclic) bond motifs is 1. The summed E-state index contributed by atoms with van der Waals surface area (Å²) < 4.78 is 1.23. The Hall–Kier alpha value is -2.40. The van der Waals surface area contributed by atoms with Gasteiger partial charge in [0.15, 0.2) is 5.13 Å². The summed E-state index contributed by atoms with van der Waals surface area (Å²) >= 11 is 1.74. The molecule has 0 unspecified atom stereocenters. The van der Waals surface area contributed by atoms with Crippen LogP contribution >= 0.6 is 11.3 Å². The maximum absolute atomic E-state index is 12.9. The fourth-order valence-corrected chi connectivity index (χ4v) is 5.19. The molecule has 28 heavy (non-hydrogen) atoms. The number of piperidine rings is 1. The average molecular weight is 394 g/mol. The van der Waals surface area contributed by atoms with Crippen LogP contribution in [0.1, 0.15) is 42.5 Å². The number of rotatable bonds is 4. The lowest BCUT2D eigenvalue weighted by atomic mass is 9.96. The number of thiazole rings is 1. The third-order valence-corrected chi connectivity index (χ3v) is 6.60. The van der Waals surface area contributed by atoms with E-state index in [4.69, 9.17) is 4.98 Å². The van der Waals surface area contributed by atoms with E-state index in [2.05, 4.69) is 48.3 Å². The van der Waals surface area contributed by atoms with Crippen LogP contribution in [0.4, 0.5) is 5.13 Å². The van der Waals surface area contributed by atoms with Gasteiger partial charge in [-0.25, -0.2) is 4.98 Å². The molecule has 0 aliphatic carbocycles. The Bertz CT molecular complexity index is 982. The van der Waals surface area contributed by atoms with E-state index in [1.807, 2.05) is 25.1 Å². The van der Waals surface area contributed by atoms with Crippen LogP contribution in [0, 0.1) is 19.8 Å². The number of aryl methyl sites for hydroxylation is 2. The largest absolute Gasteiger partial charge is 0.349 e. The highest BCUT2D eigenvalue weighted by Gasteiger charge is 2.28. The van der Waals surface area contributed by atoms with Crippen LogP contribution in [-0.2, 0) is 4.79 Å². The Morgan fingerprint density at radius 3 is 2.82 bits per heavy atom. The molecule has 4 rings (SSSR count). The Labute approximate surface area is 170 Å². The molecule has 146 valence electrons. The summed E-state index contributed by atoms with van der Waals surface area (Å²) in [5, 5.41) is 4.24. The van der Waals surface area contributed by atoms with E-state index in [0.29, 0.717) is 0 Å². The second-order valence-electron chi connectivity index (χ2n) is 7.85. The Morgan fingerprint density at radius 1 is 1.25 bits per heavy atom. The van der Waals surface area contributed by atoms with E-state index in [0.717, 1.165) is 42.1 Å². The number of hydrogen-bond donors (Lipinski definition) is 1. The maximum atomic E-state index is 12.9. The second kappa shape index (κ2) is 7.92. The molecule has 1 N–H and O–H groups in total. The smallest absolute Gasteiger partial charge is 0.225 e. The first kappa shape index (κ1) is 18.9. The SMILES string of the molecule is Cc1cc(C)c2nc(N3CCC[C@H](C(=O)N[C@H](C)c4ccccc4)C3)sc2c1. The zero-order chi connectivity index (χ0) is 19.7. The lowest BCUT2D eigenvalue weighted by Gasteiger charge is -2.32. The van der Waals surface area contributed by atoms with Crippen molar-refractivity contribution in [3.05, 3.63) is 59.2 Å². The molecule has 0 spiro atoms. The average Bonchev–Trinajstić information content (AvgIpc) is 3.13. The number of nitrogens with zero attached hydrogens (tertiary/aromatic N) is 2. The van der Waals surface area contributed by atoms with Gasteiger partial charge in [0.05, 0.1) is 22.2 Å². The summed E-state index contributed by atoms with van der Waals surface area (Å²) in [6.45, 7) is 8.00. The van der Waals surface area contributed by atoms with Crippen LogP contribution in [0.5, 0.6) is 0 Å². The minimum absolute atomic E-state index is 0.00903. The zero-order valence-corrected chi connectivity index (χ0v) is 17.6. The third kappa shape index (κ3) is 3.90. The number of aromatic nitrogens is 1. The second-order valence-corrected chi connectivity index (χ2v) is 8.86. The fourth-order valence-electron chi connectivity index (χ4n) is 4.02. The predicted molar refractivity (Wildman–Crippen MR) is 117 cm³/mol. The van der Waals surface area contributed by atoms with E-state index in [-0.39, 0.29) is 17.9 Å². The van der Waals surface area contributed by atoms with Crippen LogP contribution in [0.25, 0.3) is 10.2 Å². The van der Waals surface area contributed by atoms with E-state index in [1.54, 1.807) is 11.3 Å². The number of anilines is 1. The lowest BCUT2D eigenvalue weighted by Crippen LogP contribution is -2.43. The van der Waals surface area contributed by atoms with Crippen LogP contribution < -0.4 is 10.2 Å². The van der Waals surface area contributed by atoms with E-state index in [1.165, 1.54) is 15.8 Å². The molecule has 1 amide bonds. The molecule has 0 radical (unpaired) electrons. The van der Waals surface area contributed by atoms with Crippen molar-refractivity contribution in [1.29, 1.82) is 0 Å². The highest BCUT2D eigenvalue weighted by Crippen LogP contribution is 2.33. The molecule has 3 aromatic rings. The molecule has 1 saturated heterocycles. The minimum atomic E-state index is 0.00903. The van der Waals surface area contributed by atoms with Gasteiger partial charge in [-0.15, -0.1) is 0 Å². The molecule has 0 bridgehead atoms. The zero-order valence-electron chi connectivity index (χ0n) is 16.7. The van der Waals surface area contributed by atoms with Crippen molar-refractivity contribution >= 4 is 32.6 Å². The fraction of sp³-hybridized carbons (Fsp3) is 0.391. The number of nitrogens with one attached hydrogen (secondary N) is 1. The molecule has 4 nitrogen and oxygen atoms in total. The topological polar surface area (TPSA) is 45.2 Å². The van der Waals surface area contributed by atoms with Crippen molar-refractivity contribution in [2.45, 2.75) is 39.7 Å². The molecule has 2 aromatic carbocycles.